The second-order valence-corrected chi connectivity index (χ2v) is 6.03. The molecule has 2 N–H and O–H groups in total. The van der Waals surface area contributed by atoms with Crippen molar-refractivity contribution in [2.24, 2.45) is 0 Å². The molecular formula is C18H13F3N2O2S. The zero-order valence-electron chi connectivity index (χ0n) is 13.5. The Labute approximate surface area is 151 Å². The first-order valence-corrected chi connectivity index (χ1v) is 7.93. The maximum atomic E-state index is 12.8. The quantitative estimate of drug-likeness (QED) is 0.489. The molecule has 0 spiro atoms. The zero-order chi connectivity index (χ0) is 18.9. The van der Waals surface area contributed by atoms with Gasteiger partial charge in [-0.1, -0.05) is 6.07 Å². The first-order valence-electron chi connectivity index (χ1n) is 7.52. The fourth-order valence-corrected chi connectivity index (χ4v) is 2.71. The molecule has 0 unspecified atom stereocenters. The largest absolute Gasteiger partial charge is 0.423 e. The van der Waals surface area contributed by atoms with Gasteiger partial charge in [-0.25, -0.2) is 4.79 Å². The van der Waals surface area contributed by atoms with E-state index in [1.54, 1.807) is 25.1 Å². The Balaban J connectivity index is 1.78. The van der Waals surface area contributed by atoms with E-state index in [1.807, 2.05) is 0 Å². The first-order chi connectivity index (χ1) is 12.2. The van der Waals surface area contributed by atoms with E-state index in [9.17, 15) is 18.0 Å². The van der Waals surface area contributed by atoms with Gasteiger partial charge in [-0.3, -0.25) is 0 Å². The summed E-state index contributed by atoms with van der Waals surface area (Å²) >= 11 is 5.13. The summed E-state index contributed by atoms with van der Waals surface area (Å²) in [5, 5.41) is 6.45. The Hall–Kier alpha value is -2.87. The van der Waals surface area contributed by atoms with E-state index >= 15 is 0 Å². The third kappa shape index (κ3) is 4.02. The number of thiocarbonyl (C=S) groups is 1. The lowest BCUT2D eigenvalue weighted by molar-refractivity contribution is -0.137. The van der Waals surface area contributed by atoms with Gasteiger partial charge in [0.1, 0.15) is 5.58 Å². The van der Waals surface area contributed by atoms with Crippen LogP contribution in [0.2, 0.25) is 0 Å². The molecule has 0 atom stereocenters. The van der Waals surface area contributed by atoms with Crippen molar-refractivity contribution in [3.63, 3.8) is 0 Å². The predicted molar refractivity (Wildman–Crippen MR) is 98.5 cm³/mol. The van der Waals surface area contributed by atoms with Crippen molar-refractivity contribution in [2.45, 2.75) is 13.1 Å². The van der Waals surface area contributed by atoms with Crippen LogP contribution in [0.1, 0.15) is 11.1 Å². The zero-order valence-corrected chi connectivity index (χ0v) is 14.3. The summed E-state index contributed by atoms with van der Waals surface area (Å²) in [4.78, 5) is 11.5. The number of hydrogen-bond donors (Lipinski definition) is 2. The average molecular weight is 378 g/mol. The number of nitrogens with one attached hydrogen (secondary N) is 2. The molecule has 1 aromatic heterocycles. The van der Waals surface area contributed by atoms with Crippen molar-refractivity contribution in [3.05, 3.63) is 70.1 Å². The Kier molecular flexibility index (Phi) is 4.69. The average Bonchev–Trinajstić information content (AvgIpc) is 2.53. The molecule has 1 heterocycles. The highest BCUT2D eigenvalue weighted by Crippen LogP contribution is 2.30. The molecule has 0 fully saturated rings. The maximum absolute atomic E-state index is 12.8. The number of alkyl halides is 3. The summed E-state index contributed by atoms with van der Waals surface area (Å²) in [6, 6.07) is 11.2. The standard InChI is InChI=1S/C18H13F3N2O2S/c1-10-7-16(24)25-15-9-13(5-6-14(10)15)23-17(26)22-12-4-2-3-11(8-12)18(19,20)21/h2-9H,1H3,(H2,22,23,26). The smallest absolute Gasteiger partial charge is 0.416 e. The first kappa shape index (κ1) is 17.9. The van der Waals surface area contributed by atoms with Crippen LogP contribution in [0.4, 0.5) is 24.5 Å². The Morgan fingerprint density at radius 2 is 1.73 bits per heavy atom. The van der Waals surface area contributed by atoms with Crippen LogP contribution in [0.5, 0.6) is 0 Å². The minimum Gasteiger partial charge on any atom is -0.423 e. The molecular weight excluding hydrogens is 365 g/mol. The lowest BCUT2D eigenvalue weighted by atomic mass is 10.1. The van der Waals surface area contributed by atoms with Crippen molar-refractivity contribution in [1.82, 2.24) is 0 Å². The monoisotopic (exact) mass is 378 g/mol. The second kappa shape index (κ2) is 6.80. The molecule has 4 nitrogen and oxygen atoms in total. The third-order valence-corrected chi connectivity index (χ3v) is 3.86. The van der Waals surface area contributed by atoms with Crippen molar-refractivity contribution < 1.29 is 17.6 Å². The summed E-state index contributed by atoms with van der Waals surface area (Å²) in [6.45, 7) is 1.80. The van der Waals surface area contributed by atoms with Crippen LogP contribution in [0.15, 0.2) is 57.7 Å². The van der Waals surface area contributed by atoms with E-state index < -0.39 is 17.4 Å². The van der Waals surface area contributed by atoms with Crippen molar-refractivity contribution in [3.8, 4) is 0 Å². The van der Waals surface area contributed by atoms with Crippen LogP contribution in [0, 0.1) is 6.92 Å². The van der Waals surface area contributed by atoms with Gasteiger partial charge in [0, 0.05) is 28.9 Å². The minimum absolute atomic E-state index is 0.110. The molecule has 134 valence electrons. The molecule has 0 aliphatic carbocycles. The van der Waals surface area contributed by atoms with Crippen LogP contribution in [-0.4, -0.2) is 5.11 Å². The number of hydrogen-bond acceptors (Lipinski definition) is 3. The Morgan fingerprint density at radius 3 is 2.42 bits per heavy atom. The molecule has 0 bridgehead atoms. The molecule has 0 aliphatic rings. The molecule has 0 amide bonds. The number of rotatable bonds is 2. The van der Waals surface area contributed by atoms with Crippen LogP contribution in [0.3, 0.4) is 0 Å². The van der Waals surface area contributed by atoms with Gasteiger partial charge < -0.3 is 15.1 Å². The minimum atomic E-state index is -4.43. The summed E-state index contributed by atoms with van der Waals surface area (Å²) < 4.78 is 43.4. The van der Waals surface area contributed by atoms with Gasteiger partial charge in [0.05, 0.1) is 5.56 Å². The van der Waals surface area contributed by atoms with E-state index in [-0.39, 0.29) is 10.8 Å². The Bertz CT molecular complexity index is 1040. The van der Waals surface area contributed by atoms with Gasteiger partial charge in [-0.15, -0.1) is 0 Å². The van der Waals surface area contributed by atoms with E-state index in [4.69, 9.17) is 16.6 Å². The summed E-state index contributed by atoms with van der Waals surface area (Å²) in [5.74, 6) is 0. The molecule has 0 aliphatic heterocycles. The number of benzene rings is 2. The molecule has 8 heteroatoms. The number of fused-ring (bicyclic) bond motifs is 1. The lowest BCUT2D eigenvalue weighted by Gasteiger charge is -2.13. The molecule has 26 heavy (non-hydrogen) atoms. The van der Waals surface area contributed by atoms with Gasteiger partial charge in [-0.2, -0.15) is 13.2 Å². The van der Waals surface area contributed by atoms with Crippen molar-refractivity contribution in [2.75, 3.05) is 10.6 Å². The maximum Gasteiger partial charge on any atom is 0.416 e. The lowest BCUT2D eigenvalue weighted by Crippen LogP contribution is -2.19. The highest BCUT2D eigenvalue weighted by Gasteiger charge is 2.30. The summed E-state index contributed by atoms with van der Waals surface area (Å²) in [7, 11) is 0. The number of aryl methyl sites for hydroxylation is 1. The van der Waals surface area contributed by atoms with Crippen molar-refractivity contribution in [1.29, 1.82) is 0 Å². The van der Waals surface area contributed by atoms with Gasteiger partial charge in [0.2, 0.25) is 0 Å². The molecule has 2 aromatic carbocycles. The number of halogens is 3. The van der Waals surface area contributed by atoms with Gasteiger partial charge in [0.15, 0.2) is 5.11 Å². The second-order valence-electron chi connectivity index (χ2n) is 5.62. The van der Waals surface area contributed by atoms with Crippen LogP contribution in [-0.2, 0) is 6.18 Å². The van der Waals surface area contributed by atoms with E-state index in [2.05, 4.69) is 10.6 Å². The molecule has 0 radical (unpaired) electrons. The molecule has 0 saturated heterocycles. The van der Waals surface area contributed by atoms with Crippen LogP contribution in [0.25, 0.3) is 11.0 Å². The third-order valence-electron chi connectivity index (χ3n) is 3.66. The van der Waals surface area contributed by atoms with Gasteiger partial charge in [0.25, 0.3) is 0 Å². The topological polar surface area (TPSA) is 54.3 Å². The highest BCUT2D eigenvalue weighted by molar-refractivity contribution is 7.80. The van der Waals surface area contributed by atoms with E-state index in [0.29, 0.717) is 11.3 Å². The SMILES string of the molecule is Cc1cc(=O)oc2cc(NC(=S)Nc3cccc(C(F)(F)F)c3)ccc12. The van der Waals surface area contributed by atoms with E-state index in [1.165, 1.54) is 18.2 Å². The number of anilines is 2. The molecule has 0 saturated carbocycles. The molecule has 3 rings (SSSR count). The van der Waals surface area contributed by atoms with Gasteiger partial charge in [-0.05, 0) is 55.0 Å². The van der Waals surface area contributed by atoms with Crippen molar-refractivity contribution >= 4 is 39.7 Å². The van der Waals surface area contributed by atoms with E-state index in [0.717, 1.165) is 23.1 Å². The Morgan fingerprint density at radius 1 is 1.04 bits per heavy atom. The highest BCUT2D eigenvalue weighted by atomic mass is 32.1. The fourth-order valence-electron chi connectivity index (χ4n) is 2.47. The molecule has 3 aromatic rings. The van der Waals surface area contributed by atoms with Crippen LogP contribution >= 0.6 is 12.2 Å². The van der Waals surface area contributed by atoms with Crippen LogP contribution < -0.4 is 16.3 Å². The fraction of sp³-hybridized carbons (Fsp3) is 0.111. The van der Waals surface area contributed by atoms with Gasteiger partial charge >= 0.3 is 11.8 Å². The predicted octanol–water partition coefficient (Wildman–Crippen LogP) is 4.93. The normalized spacial score (nSPS) is 11.4. The summed E-state index contributed by atoms with van der Waals surface area (Å²) in [5.41, 5.74) is 0.690. The summed E-state index contributed by atoms with van der Waals surface area (Å²) in [6.07, 6.45) is -4.43.